The molecule has 5 heteroatoms. The van der Waals surface area contributed by atoms with Gasteiger partial charge in [-0.05, 0) is 42.8 Å². The van der Waals surface area contributed by atoms with Crippen LogP contribution in [0.3, 0.4) is 0 Å². The van der Waals surface area contributed by atoms with Crippen molar-refractivity contribution in [2.24, 2.45) is 0 Å². The lowest BCUT2D eigenvalue weighted by Gasteiger charge is -2.16. The first kappa shape index (κ1) is 15.2. The van der Waals surface area contributed by atoms with Gasteiger partial charge < -0.3 is 0 Å². The summed E-state index contributed by atoms with van der Waals surface area (Å²) in [4.78, 5) is 2.36. The van der Waals surface area contributed by atoms with E-state index in [4.69, 9.17) is 0 Å². The van der Waals surface area contributed by atoms with Crippen LogP contribution in [-0.2, 0) is 16.4 Å². The molecule has 2 aromatic carbocycles. The normalized spacial score (nSPS) is 19.4. The van der Waals surface area contributed by atoms with Gasteiger partial charge in [0.05, 0.1) is 10.1 Å². The molecular weight excluding hydrogens is 301 g/mol. The van der Waals surface area contributed by atoms with Crippen LogP contribution in [0, 0.1) is 5.82 Å². The molecule has 0 bridgehead atoms. The fourth-order valence-electron chi connectivity index (χ4n) is 2.85. The summed E-state index contributed by atoms with van der Waals surface area (Å²) in [5.41, 5.74) is 1.18. The first-order valence-electron chi connectivity index (χ1n) is 7.31. The highest BCUT2D eigenvalue weighted by Gasteiger charge is 2.34. The number of halogens is 1. The zero-order valence-electron chi connectivity index (χ0n) is 12.2. The summed E-state index contributed by atoms with van der Waals surface area (Å²) in [5, 5.41) is -0.415. The lowest BCUT2D eigenvalue weighted by Crippen LogP contribution is -2.27. The highest BCUT2D eigenvalue weighted by atomic mass is 32.2. The van der Waals surface area contributed by atoms with Gasteiger partial charge in [0.1, 0.15) is 5.82 Å². The van der Waals surface area contributed by atoms with Crippen molar-refractivity contribution in [1.82, 2.24) is 4.90 Å². The molecule has 0 spiro atoms. The third-order valence-corrected chi connectivity index (χ3v) is 6.25. The molecule has 2 aromatic rings. The minimum atomic E-state index is -3.39. The van der Waals surface area contributed by atoms with Crippen molar-refractivity contribution in [3.05, 3.63) is 66.0 Å². The summed E-state index contributed by atoms with van der Waals surface area (Å²) in [6.45, 7) is 2.05. The lowest BCUT2D eigenvalue weighted by molar-refractivity contribution is 0.331. The Morgan fingerprint density at radius 3 is 2.41 bits per heavy atom. The molecule has 0 radical (unpaired) electrons. The highest BCUT2D eigenvalue weighted by molar-refractivity contribution is 7.92. The molecule has 0 N–H and O–H groups in total. The lowest BCUT2D eigenvalue weighted by atomic mass is 10.2. The van der Waals surface area contributed by atoms with E-state index in [-0.39, 0.29) is 4.90 Å². The molecule has 1 saturated heterocycles. The zero-order chi connectivity index (χ0) is 15.6. The van der Waals surface area contributed by atoms with Crippen molar-refractivity contribution in [2.75, 3.05) is 13.1 Å². The van der Waals surface area contributed by atoms with Crippen molar-refractivity contribution in [1.29, 1.82) is 0 Å². The topological polar surface area (TPSA) is 37.4 Å². The Morgan fingerprint density at radius 1 is 1.05 bits per heavy atom. The number of likely N-dealkylation sites (tertiary alicyclic amines) is 1. The van der Waals surface area contributed by atoms with Gasteiger partial charge in [-0.2, -0.15) is 0 Å². The van der Waals surface area contributed by atoms with E-state index in [9.17, 15) is 12.8 Å². The summed E-state index contributed by atoms with van der Waals surface area (Å²) in [5.74, 6) is -0.420. The number of rotatable bonds is 4. The fourth-order valence-corrected chi connectivity index (χ4v) is 4.58. The maximum Gasteiger partial charge on any atom is 0.182 e. The van der Waals surface area contributed by atoms with Gasteiger partial charge >= 0.3 is 0 Å². The van der Waals surface area contributed by atoms with E-state index in [1.165, 1.54) is 29.8 Å². The molecule has 1 fully saturated rings. The number of sulfone groups is 1. The van der Waals surface area contributed by atoms with Crippen LogP contribution in [0.1, 0.15) is 12.0 Å². The van der Waals surface area contributed by atoms with Crippen LogP contribution in [0.15, 0.2) is 59.5 Å². The SMILES string of the molecule is O=S(=O)(c1ccc(F)cc1)C1CCN(Cc2ccccc2)C1. The predicted molar refractivity (Wildman–Crippen MR) is 83.7 cm³/mol. The molecule has 1 aliphatic heterocycles. The van der Waals surface area contributed by atoms with Crippen LogP contribution >= 0.6 is 0 Å². The Labute approximate surface area is 130 Å². The third kappa shape index (κ3) is 3.20. The Morgan fingerprint density at radius 2 is 1.73 bits per heavy atom. The van der Waals surface area contributed by atoms with Gasteiger partial charge in [-0.1, -0.05) is 30.3 Å². The molecular formula is C17H18FNO2S. The summed E-state index contributed by atoms with van der Waals surface area (Å²) in [6, 6.07) is 15.1. The summed E-state index contributed by atoms with van der Waals surface area (Å²) >= 11 is 0. The van der Waals surface area contributed by atoms with Gasteiger partial charge in [0, 0.05) is 13.1 Å². The minimum absolute atomic E-state index is 0.209. The van der Waals surface area contributed by atoms with Crippen molar-refractivity contribution in [3.63, 3.8) is 0 Å². The summed E-state index contributed by atoms with van der Waals surface area (Å²) in [6.07, 6.45) is 0.618. The first-order valence-corrected chi connectivity index (χ1v) is 8.86. The van der Waals surface area contributed by atoms with Crippen LogP contribution in [0.4, 0.5) is 4.39 Å². The van der Waals surface area contributed by atoms with Crippen molar-refractivity contribution in [3.8, 4) is 0 Å². The average molecular weight is 319 g/mol. The van der Waals surface area contributed by atoms with Gasteiger partial charge in [0.25, 0.3) is 0 Å². The number of nitrogens with zero attached hydrogens (tertiary/aromatic N) is 1. The van der Waals surface area contributed by atoms with Gasteiger partial charge in [0.15, 0.2) is 9.84 Å². The van der Waals surface area contributed by atoms with E-state index in [1.807, 2.05) is 30.3 Å². The molecule has 3 nitrogen and oxygen atoms in total. The molecule has 0 saturated carbocycles. The van der Waals surface area contributed by atoms with E-state index in [0.29, 0.717) is 13.0 Å². The predicted octanol–water partition coefficient (Wildman–Crippen LogP) is 2.87. The maximum absolute atomic E-state index is 13.0. The molecule has 1 unspecified atom stereocenters. The molecule has 3 rings (SSSR count). The highest BCUT2D eigenvalue weighted by Crippen LogP contribution is 2.25. The van der Waals surface area contributed by atoms with Crippen LogP contribution < -0.4 is 0 Å². The Bertz CT molecular complexity index is 729. The molecule has 1 heterocycles. The molecule has 0 amide bonds. The molecule has 116 valence electrons. The van der Waals surface area contributed by atoms with Gasteiger partial charge in [-0.15, -0.1) is 0 Å². The van der Waals surface area contributed by atoms with E-state index < -0.39 is 20.9 Å². The van der Waals surface area contributed by atoms with E-state index in [1.54, 1.807) is 0 Å². The van der Waals surface area contributed by atoms with Crippen molar-refractivity contribution in [2.45, 2.75) is 23.1 Å². The van der Waals surface area contributed by atoms with Gasteiger partial charge in [0.2, 0.25) is 0 Å². The maximum atomic E-state index is 13.0. The standard InChI is InChI=1S/C17H18FNO2S/c18-15-6-8-16(9-7-15)22(20,21)17-10-11-19(13-17)12-14-4-2-1-3-5-14/h1-9,17H,10-13H2. The molecule has 22 heavy (non-hydrogen) atoms. The number of hydrogen-bond acceptors (Lipinski definition) is 3. The minimum Gasteiger partial charge on any atom is -0.298 e. The van der Waals surface area contributed by atoms with Gasteiger partial charge in [-0.3, -0.25) is 4.90 Å². The second kappa shape index (κ2) is 6.18. The monoisotopic (exact) mass is 319 g/mol. The Hall–Kier alpha value is -1.72. The second-order valence-electron chi connectivity index (χ2n) is 5.63. The molecule has 1 atom stereocenters. The Kier molecular flexibility index (Phi) is 4.27. The summed E-state index contributed by atoms with van der Waals surface area (Å²) < 4.78 is 38.1. The van der Waals surface area contributed by atoms with Crippen LogP contribution in [0.25, 0.3) is 0 Å². The average Bonchev–Trinajstić information content (AvgIpc) is 2.98. The Balaban J connectivity index is 1.70. The van der Waals surface area contributed by atoms with E-state index in [2.05, 4.69) is 4.90 Å². The molecule has 0 aliphatic carbocycles. The number of hydrogen-bond donors (Lipinski definition) is 0. The summed E-state index contributed by atoms with van der Waals surface area (Å²) in [7, 11) is -3.39. The van der Waals surface area contributed by atoms with Crippen LogP contribution in [-0.4, -0.2) is 31.7 Å². The smallest absolute Gasteiger partial charge is 0.182 e. The quantitative estimate of drug-likeness (QED) is 0.813. The first-order chi connectivity index (χ1) is 10.6. The molecule has 1 aliphatic rings. The zero-order valence-corrected chi connectivity index (χ0v) is 13.0. The number of benzene rings is 2. The van der Waals surface area contributed by atoms with E-state index in [0.717, 1.165) is 13.1 Å². The third-order valence-electron chi connectivity index (χ3n) is 4.06. The van der Waals surface area contributed by atoms with Gasteiger partial charge in [-0.25, -0.2) is 12.8 Å². The van der Waals surface area contributed by atoms with Crippen LogP contribution in [0.5, 0.6) is 0 Å². The van der Waals surface area contributed by atoms with Crippen molar-refractivity contribution >= 4 is 9.84 Å². The largest absolute Gasteiger partial charge is 0.298 e. The second-order valence-corrected chi connectivity index (χ2v) is 7.86. The van der Waals surface area contributed by atoms with Crippen molar-refractivity contribution < 1.29 is 12.8 Å². The molecule has 0 aromatic heterocycles. The van der Waals surface area contributed by atoms with E-state index >= 15 is 0 Å². The van der Waals surface area contributed by atoms with Crippen LogP contribution in [0.2, 0.25) is 0 Å². The fraction of sp³-hybridized carbons (Fsp3) is 0.294.